The van der Waals surface area contributed by atoms with E-state index in [0.29, 0.717) is 25.1 Å². The number of hydrogen-bond donors (Lipinski definition) is 3. The number of urea groups is 1. The number of fused-ring (bicyclic) bond motifs is 1. The van der Waals surface area contributed by atoms with E-state index >= 15 is 0 Å². The van der Waals surface area contributed by atoms with E-state index in [2.05, 4.69) is 16.0 Å². The number of amides is 2. The van der Waals surface area contributed by atoms with Gasteiger partial charge in [-0.3, -0.25) is 0 Å². The number of hydrogen-bond acceptors (Lipinski definition) is 3. The number of alkyl halides is 6. The fraction of sp³-hybridized carbons (Fsp3) is 0.435. The molecule has 4 rings (SSSR count). The van der Waals surface area contributed by atoms with Gasteiger partial charge in [-0.1, -0.05) is 30.3 Å². The van der Waals surface area contributed by atoms with E-state index < -0.39 is 35.1 Å². The Bertz CT molecular complexity index is 1010. The van der Waals surface area contributed by atoms with Gasteiger partial charge in [-0.05, 0) is 42.7 Å². The van der Waals surface area contributed by atoms with Gasteiger partial charge < -0.3 is 20.7 Å². The molecule has 0 radical (unpaired) electrons. The number of carbonyl (C=O) groups is 1. The van der Waals surface area contributed by atoms with E-state index in [0.717, 1.165) is 5.56 Å². The first-order chi connectivity index (χ1) is 15.9. The normalized spacial score (nSPS) is 25.9. The number of benzene rings is 2. The summed E-state index contributed by atoms with van der Waals surface area (Å²) in [4.78, 5) is 11.8. The zero-order valence-electron chi connectivity index (χ0n) is 18.1. The van der Waals surface area contributed by atoms with Gasteiger partial charge in [0.25, 0.3) is 0 Å². The number of piperidine rings is 1. The first-order valence-electron chi connectivity index (χ1n) is 10.7. The predicted octanol–water partition coefficient (Wildman–Crippen LogP) is 4.74. The summed E-state index contributed by atoms with van der Waals surface area (Å²) >= 11 is 0. The lowest BCUT2D eigenvalue weighted by molar-refractivity contribution is -0.143. The highest BCUT2D eigenvalue weighted by atomic mass is 19.4. The Kier molecular flexibility index (Phi) is 6.28. The van der Waals surface area contributed by atoms with Crippen LogP contribution in [0.1, 0.15) is 41.7 Å². The highest BCUT2D eigenvalue weighted by Crippen LogP contribution is 2.39. The second kappa shape index (κ2) is 8.77. The first kappa shape index (κ1) is 24.3. The van der Waals surface area contributed by atoms with Gasteiger partial charge in [0.2, 0.25) is 0 Å². The molecule has 2 heterocycles. The summed E-state index contributed by atoms with van der Waals surface area (Å²) in [5.41, 5.74) is -2.96. The average molecular weight is 487 g/mol. The maximum absolute atomic E-state index is 13.3. The van der Waals surface area contributed by atoms with Crippen LogP contribution >= 0.6 is 0 Å². The molecule has 0 aromatic heterocycles. The van der Waals surface area contributed by atoms with Crippen molar-refractivity contribution >= 4 is 6.03 Å². The third-order valence-corrected chi connectivity index (χ3v) is 6.33. The van der Waals surface area contributed by atoms with Gasteiger partial charge in [-0.2, -0.15) is 26.3 Å². The van der Waals surface area contributed by atoms with Crippen LogP contribution in [0.2, 0.25) is 0 Å². The van der Waals surface area contributed by atoms with E-state index in [4.69, 9.17) is 4.74 Å². The second-order valence-electron chi connectivity index (χ2n) is 8.66. The topological polar surface area (TPSA) is 62.4 Å². The summed E-state index contributed by atoms with van der Waals surface area (Å²) in [7, 11) is 0. The fourth-order valence-corrected chi connectivity index (χ4v) is 4.47. The van der Waals surface area contributed by atoms with E-state index in [-0.39, 0.29) is 36.4 Å². The molecule has 4 atom stereocenters. The molecular formula is C23H23F6N3O2. The molecule has 0 spiro atoms. The summed E-state index contributed by atoms with van der Waals surface area (Å²) in [6.45, 7) is 1.80. The lowest BCUT2D eigenvalue weighted by Crippen LogP contribution is -2.60. The fourth-order valence-electron chi connectivity index (χ4n) is 4.47. The molecule has 2 aromatic carbocycles. The SMILES string of the molecule is C[C@@H](OC[C@@]1(c2ccccc2)CC2NC(=O)N[C@H]2CN1)c1cc(C(F)(F)F)cc(C(F)(F)F)c1. The van der Waals surface area contributed by atoms with Crippen LogP contribution in [0.3, 0.4) is 0 Å². The molecule has 5 nitrogen and oxygen atoms in total. The van der Waals surface area contributed by atoms with Crippen LogP contribution in [-0.4, -0.2) is 31.3 Å². The molecule has 184 valence electrons. The van der Waals surface area contributed by atoms with Gasteiger partial charge in [0.1, 0.15) is 0 Å². The molecule has 0 aliphatic carbocycles. The minimum Gasteiger partial charge on any atom is -0.372 e. The van der Waals surface area contributed by atoms with Crippen molar-refractivity contribution in [3.63, 3.8) is 0 Å². The Labute approximate surface area is 191 Å². The maximum atomic E-state index is 13.3. The first-order valence-corrected chi connectivity index (χ1v) is 10.7. The van der Waals surface area contributed by atoms with Crippen molar-refractivity contribution in [2.24, 2.45) is 0 Å². The molecule has 0 bridgehead atoms. The number of halogens is 6. The monoisotopic (exact) mass is 487 g/mol. The van der Waals surface area contributed by atoms with Crippen LogP contribution < -0.4 is 16.0 Å². The van der Waals surface area contributed by atoms with E-state index in [1.165, 1.54) is 6.92 Å². The number of carbonyl (C=O) groups excluding carboxylic acids is 1. The van der Waals surface area contributed by atoms with Gasteiger partial charge in [0.15, 0.2) is 0 Å². The third-order valence-electron chi connectivity index (χ3n) is 6.33. The van der Waals surface area contributed by atoms with Crippen LogP contribution in [-0.2, 0) is 22.6 Å². The predicted molar refractivity (Wildman–Crippen MR) is 111 cm³/mol. The molecule has 3 N–H and O–H groups in total. The lowest BCUT2D eigenvalue weighted by atomic mass is 9.79. The van der Waals surface area contributed by atoms with Gasteiger partial charge >= 0.3 is 18.4 Å². The number of ether oxygens (including phenoxy) is 1. The minimum atomic E-state index is -4.94. The largest absolute Gasteiger partial charge is 0.416 e. The van der Waals surface area contributed by atoms with Gasteiger partial charge in [-0.15, -0.1) is 0 Å². The summed E-state index contributed by atoms with van der Waals surface area (Å²) in [6, 6.07) is 10.0. The molecule has 2 aromatic rings. The van der Waals surface area contributed by atoms with E-state index in [1.807, 2.05) is 30.3 Å². The number of rotatable bonds is 5. The summed E-state index contributed by atoms with van der Waals surface area (Å²) < 4.78 is 85.4. The van der Waals surface area contributed by atoms with Crippen LogP contribution in [0.4, 0.5) is 31.1 Å². The Morgan fingerprint density at radius 3 is 2.15 bits per heavy atom. The molecule has 2 aliphatic rings. The van der Waals surface area contributed by atoms with E-state index in [1.54, 1.807) is 0 Å². The number of nitrogens with one attached hydrogen (secondary N) is 3. The van der Waals surface area contributed by atoms with Gasteiger partial charge in [-0.25, -0.2) is 4.79 Å². The standard InChI is InChI=1S/C23H23F6N3O2/c1-13(14-7-16(22(24,25)26)9-17(8-14)23(27,28)29)34-12-21(15-5-3-2-4-6-15)10-18-19(11-30-21)32-20(33)31-18/h2-9,13,18-19,30H,10-12H2,1H3,(H2,31,32,33)/t13-,18?,19+,21-/m1/s1. The minimum absolute atomic E-state index is 0.0329. The Morgan fingerprint density at radius 2 is 1.56 bits per heavy atom. The second-order valence-corrected chi connectivity index (χ2v) is 8.66. The Morgan fingerprint density at radius 1 is 0.971 bits per heavy atom. The Hall–Kier alpha value is -2.79. The quantitative estimate of drug-likeness (QED) is 0.534. The molecule has 0 saturated carbocycles. The molecule has 34 heavy (non-hydrogen) atoms. The lowest BCUT2D eigenvalue weighted by Gasteiger charge is -2.43. The highest BCUT2D eigenvalue weighted by Gasteiger charge is 2.46. The van der Waals surface area contributed by atoms with Crippen molar-refractivity contribution < 1.29 is 35.9 Å². The van der Waals surface area contributed by atoms with Crippen LogP contribution in [0.5, 0.6) is 0 Å². The van der Waals surface area contributed by atoms with Crippen LogP contribution in [0, 0.1) is 0 Å². The van der Waals surface area contributed by atoms with Crippen molar-refractivity contribution in [1.29, 1.82) is 0 Å². The van der Waals surface area contributed by atoms with Crippen molar-refractivity contribution in [2.75, 3.05) is 13.2 Å². The molecule has 2 aliphatic heterocycles. The zero-order valence-corrected chi connectivity index (χ0v) is 18.1. The van der Waals surface area contributed by atoms with Crippen LogP contribution in [0.25, 0.3) is 0 Å². The van der Waals surface area contributed by atoms with E-state index in [9.17, 15) is 31.1 Å². The van der Waals surface area contributed by atoms with Crippen molar-refractivity contribution in [3.05, 3.63) is 70.8 Å². The summed E-state index contributed by atoms with van der Waals surface area (Å²) in [6.07, 6.45) is -10.5. The average Bonchev–Trinajstić information content (AvgIpc) is 3.15. The van der Waals surface area contributed by atoms with Crippen LogP contribution in [0.15, 0.2) is 48.5 Å². The summed E-state index contributed by atoms with van der Waals surface area (Å²) in [5.74, 6) is 0. The third kappa shape index (κ3) is 5.00. The molecule has 11 heteroatoms. The maximum Gasteiger partial charge on any atom is 0.416 e. The molecule has 1 unspecified atom stereocenters. The van der Waals surface area contributed by atoms with Crippen molar-refractivity contribution in [3.8, 4) is 0 Å². The summed E-state index contributed by atoms with van der Waals surface area (Å²) in [5, 5.41) is 9.04. The Balaban J connectivity index is 1.61. The van der Waals surface area contributed by atoms with Gasteiger partial charge in [0, 0.05) is 6.54 Å². The molecule has 2 saturated heterocycles. The molecular weight excluding hydrogens is 464 g/mol. The van der Waals surface area contributed by atoms with Crippen molar-refractivity contribution in [2.45, 2.75) is 49.4 Å². The molecule has 2 amide bonds. The van der Waals surface area contributed by atoms with Gasteiger partial charge in [0.05, 0.1) is 41.5 Å². The smallest absolute Gasteiger partial charge is 0.372 e. The van der Waals surface area contributed by atoms with Crippen molar-refractivity contribution in [1.82, 2.24) is 16.0 Å². The molecule has 2 fully saturated rings. The zero-order chi connectivity index (χ0) is 24.7. The highest BCUT2D eigenvalue weighted by molar-refractivity contribution is 5.77.